The van der Waals surface area contributed by atoms with Crippen LogP contribution in [0.5, 0.6) is 0 Å². The molecular formula is C9H13ClS. The molecule has 0 amide bonds. The Kier molecular flexibility index (Phi) is 2.71. The van der Waals surface area contributed by atoms with Gasteiger partial charge in [-0.3, -0.25) is 0 Å². The van der Waals surface area contributed by atoms with E-state index in [0.717, 1.165) is 0 Å². The van der Waals surface area contributed by atoms with Crippen LogP contribution in [0, 0.1) is 0 Å². The van der Waals surface area contributed by atoms with Gasteiger partial charge in [0.2, 0.25) is 0 Å². The summed E-state index contributed by atoms with van der Waals surface area (Å²) in [5.74, 6) is 0. The zero-order valence-electron chi connectivity index (χ0n) is 7.36. The van der Waals surface area contributed by atoms with Crippen molar-refractivity contribution in [2.75, 3.05) is 0 Å². The second-order valence-corrected chi connectivity index (χ2v) is 4.27. The van der Waals surface area contributed by atoms with Crippen LogP contribution in [0.1, 0.15) is 27.7 Å². The van der Waals surface area contributed by atoms with Crippen molar-refractivity contribution in [1.82, 2.24) is 0 Å². The van der Waals surface area contributed by atoms with Crippen molar-refractivity contribution < 1.29 is 0 Å². The van der Waals surface area contributed by atoms with Crippen LogP contribution in [0.15, 0.2) is 22.3 Å². The summed E-state index contributed by atoms with van der Waals surface area (Å²) in [6.45, 7) is 8.66. The number of hydrogen-bond acceptors (Lipinski definition) is 1. The van der Waals surface area contributed by atoms with Gasteiger partial charge in [-0.05, 0) is 60.5 Å². The highest BCUT2D eigenvalue weighted by Crippen LogP contribution is 2.40. The molecule has 0 N–H and O–H groups in total. The molecule has 1 aliphatic rings. The Bertz CT molecular complexity index is 214. The smallest absolute Gasteiger partial charge is 0.0519 e. The van der Waals surface area contributed by atoms with E-state index in [2.05, 4.69) is 27.7 Å². The number of allylic oxidation sites excluding steroid dienone is 2. The minimum Gasteiger partial charge on any atom is -0.0519 e. The maximum atomic E-state index is 5.78. The highest BCUT2D eigenvalue weighted by atomic mass is 35.7. The molecule has 0 fully saturated rings. The molecular weight excluding hydrogens is 176 g/mol. The summed E-state index contributed by atoms with van der Waals surface area (Å²) in [6.07, 6.45) is 0. The lowest BCUT2D eigenvalue weighted by molar-refractivity contribution is 1.16. The number of halogens is 1. The van der Waals surface area contributed by atoms with E-state index in [9.17, 15) is 0 Å². The fourth-order valence-electron chi connectivity index (χ4n) is 1.44. The van der Waals surface area contributed by atoms with Gasteiger partial charge in [0.05, 0.1) is 5.25 Å². The van der Waals surface area contributed by atoms with Crippen LogP contribution in [-0.2, 0) is 0 Å². The van der Waals surface area contributed by atoms with Gasteiger partial charge in [-0.15, -0.1) is 0 Å². The normalized spacial score (nSPS) is 20.5. The van der Waals surface area contributed by atoms with Crippen LogP contribution in [0.3, 0.4) is 0 Å². The van der Waals surface area contributed by atoms with Gasteiger partial charge in [0.1, 0.15) is 0 Å². The molecule has 0 radical (unpaired) electrons. The third-order valence-electron chi connectivity index (χ3n) is 2.62. The standard InChI is InChI=1S/C9H13ClS/c1-5-6(2)8(4)9(11-10)7(5)3/h9H,1-4H3. The maximum absolute atomic E-state index is 5.78. The van der Waals surface area contributed by atoms with Crippen LogP contribution >= 0.6 is 21.7 Å². The van der Waals surface area contributed by atoms with Gasteiger partial charge in [0, 0.05) is 0 Å². The van der Waals surface area contributed by atoms with E-state index >= 15 is 0 Å². The van der Waals surface area contributed by atoms with Gasteiger partial charge in [-0.2, -0.15) is 0 Å². The Morgan fingerprint density at radius 3 is 1.55 bits per heavy atom. The summed E-state index contributed by atoms with van der Waals surface area (Å²) in [4.78, 5) is 0. The Morgan fingerprint density at radius 2 is 1.36 bits per heavy atom. The molecule has 0 spiro atoms. The van der Waals surface area contributed by atoms with Gasteiger partial charge in [-0.1, -0.05) is 11.1 Å². The molecule has 1 aliphatic carbocycles. The first-order chi connectivity index (χ1) is 5.09. The average Bonchev–Trinajstić information content (AvgIpc) is 2.17. The molecule has 11 heavy (non-hydrogen) atoms. The van der Waals surface area contributed by atoms with E-state index in [4.69, 9.17) is 10.7 Å². The SMILES string of the molecule is CC1=C(C)C(SCl)C(C)=C1C. The zero-order chi connectivity index (χ0) is 8.59. The topological polar surface area (TPSA) is 0 Å². The third kappa shape index (κ3) is 1.36. The summed E-state index contributed by atoms with van der Waals surface area (Å²) >= 11 is 0. The fraction of sp³-hybridized carbons (Fsp3) is 0.556. The Hall–Kier alpha value is 0.120. The maximum Gasteiger partial charge on any atom is 0.0624 e. The number of hydrogen-bond donors (Lipinski definition) is 0. The summed E-state index contributed by atoms with van der Waals surface area (Å²) < 4.78 is 0. The van der Waals surface area contributed by atoms with Crippen LogP contribution in [-0.4, -0.2) is 5.25 Å². The Morgan fingerprint density at radius 1 is 1.00 bits per heavy atom. The highest BCUT2D eigenvalue weighted by molar-refractivity contribution is 8.21. The molecule has 0 atom stereocenters. The molecule has 0 heterocycles. The predicted molar refractivity (Wildman–Crippen MR) is 54.0 cm³/mol. The van der Waals surface area contributed by atoms with Crippen molar-refractivity contribution in [3.8, 4) is 0 Å². The zero-order valence-corrected chi connectivity index (χ0v) is 8.94. The number of rotatable bonds is 1. The lowest BCUT2D eigenvalue weighted by atomic mass is 10.1. The van der Waals surface area contributed by atoms with E-state index in [-0.39, 0.29) is 0 Å². The van der Waals surface area contributed by atoms with Crippen molar-refractivity contribution >= 4 is 21.7 Å². The molecule has 0 aromatic rings. The minimum absolute atomic E-state index is 0.427. The second kappa shape index (κ2) is 3.24. The average molecular weight is 189 g/mol. The Labute approximate surface area is 77.2 Å². The summed E-state index contributed by atoms with van der Waals surface area (Å²) in [5, 5.41) is 0.427. The van der Waals surface area contributed by atoms with Crippen LogP contribution < -0.4 is 0 Å². The van der Waals surface area contributed by atoms with Crippen molar-refractivity contribution in [1.29, 1.82) is 0 Å². The van der Waals surface area contributed by atoms with Crippen molar-refractivity contribution in [2.24, 2.45) is 0 Å². The van der Waals surface area contributed by atoms with Gasteiger partial charge >= 0.3 is 0 Å². The lowest BCUT2D eigenvalue weighted by Crippen LogP contribution is -1.99. The minimum atomic E-state index is 0.427. The van der Waals surface area contributed by atoms with E-state index < -0.39 is 0 Å². The third-order valence-corrected chi connectivity index (χ3v) is 4.04. The van der Waals surface area contributed by atoms with Crippen molar-refractivity contribution in [2.45, 2.75) is 32.9 Å². The summed E-state index contributed by atoms with van der Waals surface area (Å²) in [7, 11) is 7.19. The molecule has 0 saturated heterocycles. The van der Waals surface area contributed by atoms with Crippen LogP contribution in [0.25, 0.3) is 0 Å². The van der Waals surface area contributed by atoms with Gasteiger partial charge < -0.3 is 0 Å². The molecule has 0 aromatic heterocycles. The van der Waals surface area contributed by atoms with E-state index in [1.165, 1.54) is 33.3 Å². The molecule has 0 unspecified atom stereocenters. The quantitative estimate of drug-likeness (QED) is 0.601. The molecule has 0 saturated carbocycles. The van der Waals surface area contributed by atoms with E-state index in [0.29, 0.717) is 5.25 Å². The first kappa shape index (κ1) is 9.21. The fourth-order valence-corrected chi connectivity index (χ4v) is 2.87. The van der Waals surface area contributed by atoms with Crippen LogP contribution in [0.4, 0.5) is 0 Å². The van der Waals surface area contributed by atoms with Gasteiger partial charge in [-0.25, -0.2) is 0 Å². The van der Waals surface area contributed by atoms with Crippen molar-refractivity contribution in [3.05, 3.63) is 22.3 Å². The molecule has 62 valence electrons. The van der Waals surface area contributed by atoms with Gasteiger partial charge in [0.15, 0.2) is 0 Å². The predicted octanol–water partition coefficient (Wildman–Crippen LogP) is 3.93. The second-order valence-electron chi connectivity index (χ2n) is 3.09. The van der Waals surface area contributed by atoms with E-state index in [1.54, 1.807) is 0 Å². The molecule has 0 aromatic carbocycles. The first-order valence-electron chi connectivity index (χ1n) is 3.72. The molecule has 1 rings (SSSR count). The van der Waals surface area contributed by atoms with E-state index in [1.807, 2.05) is 0 Å². The van der Waals surface area contributed by atoms with Gasteiger partial charge in [0.25, 0.3) is 0 Å². The largest absolute Gasteiger partial charge is 0.0624 e. The highest BCUT2D eigenvalue weighted by Gasteiger charge is 2.23. The van der Waals surface area contributed by atoms with Crippen LogP contribution in [0.2, 0.25) is 0 Å². The summed E-state index contributed by atoms with van der Waals surface area (Å²) in [5.41, 5.74) is 5.67. The molecule has 0 bridgehead atoms. The Balaban J connectivity index is 3.04. The monoisotopic (exact) mass is 188 g/mol. The molecule has 2 heteroatoms. The first-order valence-corrected chi connectivity index (χ1v) is 5.42. The summed E-state index contributed by atoms with van der Waals surface area (Å²) in [6, 6.07) is 0. The molecule has 0 nitrogen and oxygen atoms in total. The lowest BCUT2D eigenvalue weighted by Gasteiger charge is -2.08. The van der Waals surface area contributed by atoms with Crippen molar-refractivity contribution in [3.63, 3.8) is 0 Å². The molecule has 0 aliphatic heterocycles.